The number of nitrogens with zero attached hydrogens (tertiary/aromatic N) is 3. The van der Waals surface area contributed by atoms with E-state index in [1.165, 1.54) is 27.6 Å². The van der Waals surface area contributed by atoms with Crippen LogP contribution in [0.1, 0.15) is 27.9 Å². The van der Waals surface area contributed by atoms with Crippen LogP contribution in [-0.2, 0) is 13.0 Å². The first kappa shape index (κ1) is 16.4. The summed E-state index contributed by atoms with van der Waals surface area (Å²) in [6, 6.07) is 15.1. The molecule has 0 unspecified atom stereocenters. The van der Waals surface area contributed by atoms with Crippen molar-refractivity contribution in [3.05, 3.63) is 64.3 Å². The van der Waals surface area contributed by atoms with E-state index in [4.69, 9.17) is 4.74 Å². The highest BCUT2D eigenvalue weighted by atomic mass is 16.5. The van der Waals surface area contributed by atoms with E-state index in [1.807, 2.05) is 6.92 Å². The molecule has 0 aliphatic carbocycles. The molecular weight excluding hydrogens is 322 g/mol. The number of fused-ring (bicyclic) bond motifs is 2. The van der Waals surface area contributed by atoms with E-state index in [1.54, 1.807) is 7.11 Å². The summed E-state index contributed by atoms with van der Waals surface area (Å²) in [4.78, 5) is 7.04. The fourth-order valence-electron chi connectivity index (χ4n) is 4.00. The van der Waals surface area contributed by atoms with Crippen LogP contribution in [0.25, 0.3) is 10.8 Å². The van der Waals surface area contributed by atoms with Gasteiger partial charge in [0.25, 0.3) is 0 Å². The van der Waals surface area contributed by atoms with Gasteiger partial charge >= 0.3 is 0 Å². The number of rotatable bonds is 2. The molecule has 3 aromatic rings. The second kappa shape index (κ2) is 6.34. The van der Waals surface area contributed by atoms with E-state index in [2.05, 4.69) is 59.3 Å². The molecule has 4 rings (SSSR count). The molecule has 2 heterocycles. The Hall–Kier alpha value is -3.06. The van der Waals surface area contributed by atoms with Crippen molar-refractivity contribution in [3.63, 3.8) is 0 Å². The number of anilines is 1. The van der Waals surface area contributed by atoms with Crippen molar-refractivity contribution in [1.29, 1.82) is 5.26 Å². The summed E-state index contributed by atoms with van der Waals surface area (Å²) in [7, 11) is 1.57. The lowest BCUT2D eigenvalue weighted by molar-refractivity contribution is 0.393. The molecule has 0 atom stereocenters. The fraction of sp³-hybridized carbons (Fsp3) is 0.273. The molecule has 0 bridgehead atoms. The lowest BCUT2D eigenvalue weighted by Crippen LogP contribution is -2.32. The average Bonchev–Trinajstić information content (AvgIpc) is 2.67. The van der Waals surface area contributed by atoms with Gasteiger partial charge in [-0.05, 0) is 48.4 Å². The normalized spacial score (nSPS) is 13.4. The Bertz CT molecular complexity index is 1040. The van der Waals surface area contributed by atoms with Crippen molar-refractivity contribution in [2.24, 2.45) is 0 Å². The van der Waals surface area contributed by atoms with Crippen molar-refractivity contribution >= 4 is 16.5 Å². The summed E-state index contributed by atoms with van der Waals surface area (Å²) in [5.74, 6) is 0.430. The Kier molecular flexibility index (Phi) is 4.00. The Balaban J connectivity index is 1.81. The molecule has 0 amide bonds. The zero-order valence-electron chi connectivity index (χ0n) is 15.3. The highest BCUT2D eigenvalue weighted by Gasteiger charge is 2.24. The number of hydrogen-bond acceptors (Lipinski definition) is 4. The van der Waals surface area contributed by atoms with Crippen molar-refractivity contribution in [2.45, 2.75) is 26.8 Å². The number of aryl methyl sites for hydroxylation is 1. The van der Waals surface area contributed by atoms with Crippen molar-refractivity contribution < 1.29 is 4.74 Å². The van der Waals surface area contributed by atoms with E-state index in [0.29, 0.717) is 11.4 Å². The third-order valence-corrected chi connectivity index (χ3v) is 5.34. The number of hydrogen-bond donors (Lipinski definition) is 0. The summed E-state index contributed by atoms with van der Waals surface area (Å²) >= 11 is 0. The predicted octanol–water partition coefficient (Wildman–Crippen LogP) is 4.29. The van der Waals surface area contributed by atoms with Gasteiger partial charge in [0.1, 0.15) is 11.6 Å². The van der Waals surface area contributed by atoms with Crippen molar-refractivity contribution in [2.75, 3.05) is 18.6 Å². The first-order valence-corrected chi connectivity index (χ1v) is 8.83. The molecule has 1 aromatic heterocycles. The molecule has 0 saturated carbocycles. The molecule has 0 radical (unpaired) electrons. The van der Waals surface area contributed by atoms with Gasteiger partial charge in [0.15, 0.2) is 0 Å². The summed E-state index contributed by atoms with van der Waals surface area (Å²) in [6.07, 6.45) is 0.884. The lowest BCUT2D eigenvalue weighted by atomic mass is 9.95. The Morgan fingerprint density at radius 2 is 1.92 bits per heavy atom. The third-order valence-electron chi connectivity index (χ3n) is 5.34. The molecular formula is C22H21N3O. The van der Waals surface area contributed by atoms with Gasteiger partial charge in [-0.2, -0.15) is 5.26 Å². The number of nitriles is 1. The molecule has 0 N–H and O–H groups in total. The molecule has 1 aliphatic rings. The van der Waals surface area contributed by atoms with Gasteiger partial charge in [0.2, 0.25) is 5.88 Å². The summed E-state index contributed by atoms with van der Waals surface area (Å²) in [5, 5.41) is 12.0. The molecule has 0 spiro atoms. The van der Waals surface area contributed by atoms with Crippen LogP contribution in [0.5, 0.6) is 5.88 Å². The van der Waals surface area contributed by atoms with Gasteiger partial charge < -0.3 is 9.64 Å². The van der Waals surface area contributed by atoms with Gasteiger partial charge in [-0.25, -0.2) is 4.98 Å². The number of benzene rings is 2. The van der Waals surface area contributed by atoms with Gasteiger partial charge in [0, 0.05) is 17.6 Å². The zero-order valence-corrected chi connectivity index (χ0v) is 15.3. The second-order valence-electron chi connectivity index (χ2n) is 6.78. The topological polar surface area (TPSA) is 49.1 Å². The zero-order chi connectivity index (χ0) is 18.3. The molecule has 0 fully saturated rings. The van der Waals surface area contributed by atoms with E-state index in [0.717, 1.165) is 30.8 Å². The Morgan fingerprint density at radius 3 is 2.65 bits per heavy atom. The molecule has 0 saturated heterocycles. The number of pyridine rings is 1. The van der Waals surface area contributed by atoms with Crippen LogP contribution in [0.4, 0.5) is 5.69 Å². The summed E-state index contributed by atoms with van der Waals surface area (Å²) in [5.41, 5.74) is 6.29. The molecule has 130 valence electrons. The maximum Gasteiger partial charge on any atom is 0.231 e. The predicted molar refractivity (Wildman–Crippen MR) is 104 cm³/mol. The van der Waals surface area contributed by atoms with Crippen molar-refractivity contribution in [3.8, 4) is 11.9 Å². The van der Waals surface area contributed by atoms with Crippen LogP contribution in [0.15, 0.2) is 36.4 Å². The highest BCUT2D eigenvalue weighted by molar-refractivity contribution is 5.97. The summed E-state index contributed by atoms with van der Waals surface area (Å²) < 4.78 is 5.36. The highest BCUT2D eigenvalue weighted by Crippen LogP contribution is 2.34. The van der Waals surface area contributed by atoms with Gasteiger partial charge in [-0.15, -0.1) is 0 Å². The molecule has 4 heteroatoms. The van der Waals surface area contributed by atoms with Gasteiger partial charge in [-0.1, -0.05) is 30.3 Å². The van der Waals surface area contributed by atoms with E-state index >= 15 is 0 Å². The lowest BCUT2D eigenvalue weighted by Gasteiger charge is -2.32. The molecule has 1 aliphatic heterocycles. The van der Waals surface area contributed by atoms with E-state index in [9.17, 15) is 5.26 Å². The van der Waals surface area contributed by atoms with E-state index < -0.39 is 0 Å². The smallest absolute Gasteiger partial charge is 0.231 e. The summed E-state index contributed by atoms with van der Waals surface area (Å²) in [6.45, 7) is 5.81. The minimum absolute atomic E-state index is 0.430. The standard InChI is InChI=1S/C22H21N3O/c1-14-6-4-7-16-8-5-9-20(21(14)16)25-11-10-17-15(2)18(12-23)22(26-3)24-19(17)13-25/h4-9H,10-11,13H2,1-3H3. The minimum atomic E-state index is 0.430. The third kappa shape index (κ3) is 2.48. The molecule has 26 heavy (non-hydrogen) atoms. The van der Waals surface area contributed by atoms with Crippen LogP contribution in [0.2, 0.25) is 0 Å². The van der Waals surface area contributed by atoms with Crippen LogP contribution < -0.4 is 9.64 Å². The SMILES string of the molecule is COc1nc2c(c(C)c1C#N)CCN(c1cccc3cccc(C)c13)C2. The molecule has 2 aromatic carbocycles. The number of ether oxygens (including phenoxy) is 1. The van der Waals surface area contributed by atoms with Crippen LogP contribution in [-0.4, -0.2) is 18.6 Å². The first-order chi connectivity index (χ1) is 12.6. The Labute approximate surface area is 153 Å². The number of methoxy groups -OCH3 is 1. The Morgan fingerprint density at radius 1 is 1.15 bits per heavy atom. The van der Waals surface area contributed by atoms with Crippen LogP contribution in [0, 0.1) is 25.2 Å². The van der Waals surface area contributed by atoms with Crippen molar-refractivity contribution in [1.82, 2.24) is 4.98 Å². The quantitative estimate of drug-likeness (QED) is 0.696. The minimum Gasteiger partial charge on any atom is -0.480 e. The monoisotopic (exact) mass is 343 g/mol. The van der Waals surface area contributed by atoms with Gasteiger partial charge in [-0.3, -0.25) is 0 Å². The number of aromatic nitrogens is 1. The first-order valence-electron chi connectivity index (χ1n) is 8.83. The largest absolute Gasteiger partial charge is 0.480 e. The second-order valence-corrected chi connectivity index (χ2v) is 6.78. The fourth-order valence-corrected chi connectivity index (χ4v) is 4.00. The van der Waals surface area contributed by atoms with Gasteiger partial charge in [0.05, 0.1) is 19.3 Å². The van der Waals surface area contributed by atoms with Crippen LogP contribution >= 0.6 is 0 Å². The average molecular weight is 343 g/mol. The van der Waals surface area contributed by atoms with E-state index in [-0.39, 0.29) is 0 Å². The molecule has 4 nitrogen and oxygen atoms in total. The van der Waals surface area contributed by atoms with Crippen LogP contribution in [0.3, 0.4) is 0 Å². The maximum absolute atomic E-state index is 9.43. The maximum atomic E-state index is 9.43.